The van der Waals surface area contributed by atoms with Crippen molar-refractivity contribution in [1.82, 2.24) is 0 Å². The lowest BCUT2D eigenvalue weighted by Crippen LogP contribution is -2.24. The van der Waals surface area contributed by atoms with Crippen molar-refractivity contribution in [2.24, 2.45) is 10.2 Å². The summed E-state index contributed by atoms with van der Waals surface area (Å²) in [5.41, 5.74) is 16.4. The van der Waals surface area contributed by atoms with Crippen molar-refractivity contribution in [3.05, 3.63) is 44.4 Å². The van der Waals surface area contributed by atoms with Gasteiger partial charge in [0.25, 0.3) is 0 Å². The van der Waals surface area contributed by atoms with Gasteiger partial charge in [-0.15, -0.1) is 0 Å². The molecule has 1 rings (SSSR count). The first-order valence-corrected chi connectivity index (χ1v) is 3.11. The lowest BCUT2D eigenvalue weighted by Gasteiger charge is -2.05. The average Bonchev–Trinajstić information content (AvgIpc) is 2.12. The normalized spacial score (nSPS) is 8.31. The third kappa shape index (κ3) is 2.00. The highest BCUT2D eigenvalue weighted by atomic mass is 16.5. The summed E-state index contributed by atoms with van der Waals surface area (Å²) < 4.78 is 0.371. The minimum absolute atomic E-state index is 0.160. The molecule has 0 aromatic carbocycles. The van der Waals surface area contributed by atoms with Gasteiger partial charge in [0.15, 0.2) is 5.82 Å². The van der Waals surface area contributed by atoms with Crippen molar-refractivity contribution in [3.8, 4) is 0 Å². The molecule has 0 atom stereocenters. The lowest BCUT2D eigenvalue weighted by molar-refractivity contribution is -0.591. The molecule has 0 aliphatic heterocycles. The topological polar surface area (TPSA) is 124 Å². The molecule has 13 heavy (non-hydrogen) atoms. The standard InChI is InChI=1S/C5H3N7O/c6-10-8-4-1-2-12(13)5(3-4)9-11-7/h1-3H. The maximum absolute atomic E-state index is 10.9. The first-order chi connectivity index (χ1) is 6.27. The van der Waals surface area contributed by atoms with Crippen LogP contribution in [0.2, 0.25) is 0 Å². The molecular formula is C5H3N7O. The Morgan fingerprint density at radius 3 is 2.62 bits per heavy atom. The summed E-state index contributed by atoms with van der Waals surface area (Å²) in [5.74, 6) is -0.160. The molecule has 0 amide bonds. The van der Waals surface area contributed by atoms with Crippen LogP contribution in [0, 0.1) is 5.21 Å². The average molecular weight is 177 g/mol. The molecule has 0 bridgehead atoms. The molecule has 0 aliphatic carbocycles. The van der Waals surface area contributed by atoms with E-state index in [0.717, 1.165) is 6.20 Å². The molecule has 1 aromatic rings. The molecule has 0 aliphatic rings. The Bertz CT molecular complexity index is 415. The molecule has 64 valence electrons. The Hall–Kier alpha value is -2.43. The molecule has 0 unspecified atom stereocenters. The summed E-state index contributed by atoms with van der Waals surface area (Å²) in [6, 6.07) is 2.50. The molecular weight excluding hydrogens is 174 g/mol. The number of aromatic nitrogens is 1. The van der Waals surface area contributed by atoms with Crippen molar-refractivity contribution < 1.29 is 4.73 Å². The summed E-state index contributed by atoms with van der Waals surface area (Å²) in [6.07, 6.45) is 1.09. The van der Waals surface area contributed by atoms with Crippen molar-refractivity contribution in [3.63, 3.8) is 0 Å². The maximum atomic E-state index is 10.9. The molecule has 0 fully saturated rings. The zero-order chi connectivity index (χ0) is 9.68. The van der Waals surface area contributed by atoms with Crippen LogP contribution < -0.4 is 4.73 Å². The zero-order valence-corrected chi connectivity index (χ0v) is 6.27. The van der Waals surface area contributed by atoms with Crippen LogP contribution in [0.25, 0.3) is 20.9 Å². The minimum Gasteiger partial charge on any atom is -0.713 e. The van der Waals surface area contributed by atoms with Crippen LogP contribution in [0.5, 0.6) is 0 Å². The highest BCUT2D eigenvalue weighted by molar-refractivity contribution is 5.41. The quantitative estimate of drug-likeness (QED) is 0.222. The molecule has 8 heteroatoms. The van der Waals surface area contributed by atoms with E-state index in [0.29, 0.717) is 4.73 Å². The molecule has 0 N–H and O–H groups in total. The number of pyridine rings is 1. The van der Waals surface area contributed by atoms with Gasteiger partial charge in [-0.05, 0) is 28.3 Å². The van der Waals surface area contributed by atoms with E-state index in [2.05, 4.69) is 20.1 Å². The van der Waals surface area contributed by atoms with Crippen LogP contribution in [0.1, 0.15) is 0 Å². The summed E-state index contributed by atoms with van der Waals surface area (Å²) in [6.45, 7) is 0. The van der Waals surface area contributed by atoms with E-state index in [1.54, 1.807) is 0 Å². The fourth-order valence-electron chi connectivity index (χ4n) is 0.697. The second kappa shape index (κ2) is 3.82. The third-order valence-electron chi connectivity index (χ3n) is 1.19. The molecule has 0 saturated heterocycles. The Morgan fingerprint density at radius 1 is 1.31 bits per heavy atom. The van der Waals surface area contributed by atoms with Crippen molar-refractivity contribution in [1.29, 1.82) is 0 Å². The van der Waals surface area contributed by atoms with E-state index in [-0.39, 0.29) is 11.5 Å². The number of rotatable bonds is 2. The number of azide groups is 2. The van der Waals surface area contributed by atoms with Gasteiger partial charge in [0.05, 0.1) is 6.20 Å². The van der Waals surface area contributed by atoms with Crippen molar-refractivity contribution in [2.75, 3.05) is 0 Å². The first-order valence-electron chi connectivity index (χ1n) is 3.11. The zero-order valence-electron chi connectivity index (χ0n) is 6.27. The Kier molecular flexibility index (Phi) is 2.54. The summed E-state index contributed by atoms with van der Waals surface area (Å²) in [7, 11) is 0. The Morgan fingerprint density at radius 2 is 2.00 bits per heavy atom. The predicted octanol–water partition coefficient (Wildman–Crippen LogP) is 2.20. The van der Waals surface area contributed by atoms with Gasteiger partial charge in [0, 0.05) is 15.5 Å². The fourth-order valence-corrected chi connectivity index (χ4v) is 0.697. The predicted molar refractivity (Wildman–Crippen MR) is 43.0 cm³/mol. The molecule has 0 radical (unpaired) electrons. The molecule has 1 heterocycles. The second-order valence-electron chi connectivity index (χ2n) is 1.95. The van der Waals surface area contributed by atoms with E-state index in [1.165, 1.54) is 12.1 Å². The van der Waals surface area contributed by atoms with Gasteiger partial charge < -0.3 is 5.21 Å². The van der Waals surface area contributed by atoms with Gasteiger partial charge >= 0.3 is 0 Å². The van der Waals surface area contributed by atoms with Crippen LogP contribution in [0.3, 0.4) is 0 Å². The lowest BCUT2D eigenvalue weighted by atomic mass is 10.4. The fraction of sp³-hybridized carbons (Fsp3) is 0. The first kappa shape index (κ1) is 8.66. The van der Waals surface area contributed by atoms with E-state index >= 15 is 0 Å². The van der Waals surface area contributed by atoms with Crippen LogP contribution in [-0.4, -0.2) is 0 Å². The van der Waals surface area contributed by atoms with Gasteiger partial charge in [-0.1, -0.05) is 5.11 Å². The maximum Gasteiger partial charge on any atom is 0.191 e. The monoisotopic (exact) mass is 177 g/mol. The highest BCUT2D eigenvalue weighted by Crippen LogP contribution is 2.15. The van der Waals surface area contributed by atoms with E-state index in [4.69, 9.17) is 11.1 Å². The van der Waals surface area contributed by atoms with E-state index in [9.17, 15) is 5.21 Å². The van der Waals surface area contributed by atoms with Crippen molar-refractivity contribution >= 4 is 11.5 Å². The molecule has 1 aromatic heterocycles. The van der Waals surface area contributed by atoms with E-state index in [1.807, 2.05) is 0 Å². The summed E-state index contributed by atoms with van der Waals surface area (Å²) in [5, 5.41) is 17.2. The van der Waals surface area contributed by atoms with Crippen LogP contribution in [-0.2, 0) is 0 Å². The SMILES string of the molecule is [N-]=[N+]=Nc1cc[n+]([O-])c(N=[N+]=[N-])c1. The summed E-state index contributed by atoms with van der Waals surface area (Å²) >= 11 is 0. The summed E-state index contributed by atoms with van der Waals surface area (Å²) in [4.78, 5) is 4.95. The minimum atomic E-state index is -0.160. The van der Waals surface area contributed by atoms with Crippen LogP contribution >= 0.6 is 0 Å². The van der Waals surface area contributed by atoms with Gasteiger partial charge in [0.2, 0.25) is 0 Å². The molecule has 8 nitrogen and oxygen atoms in total. The number of hydrogen-bond donors (Lipinski definition) is 0. The highest BCUT2D eigenvalue weighted by Gasteiger charge is 1.96. The third-order valence-corrected chi connectivity index (χ3v) is 1.19. The smallest absolute Gasteiger partial charge is 0.191 e. The van der Waals surface area contributed by atoms with Gasteiger partial charge in [-0.3, -0.25) is 4.73 Å². The van der Waals surface area contributed by atoms with Gasteiger partial charge in [0.1, 0.15) is 0 Å². The van der Waals surface area contributed by atoms with Gasteiger partial charge in [-0.25, -0.2) is 0 Å². The largest absolute Gasteiger partial charge is 0.713 e. The Labute approximate surface area is 71.9 Å². The van der Waals surface area contributed by atoms with Crippen LogP contribution in [0.4, 0.5) is 11.5 Å². The Balaban J connectivity index is 3.25. The van der Waals surface area contributed by atoms with E-state index < -0.39 is 0 Å². The molecule has 0 saturated carbocycles. The van der Waals surface area contributed by atoms with Crippen LogP contribution in [0.15, 0.2) is 28.6 Å². The van der Waals surface area contributed by atoms with Crippen molar-refractivity contribution in [2.45, 2.75) is 0 Å². The number of nitrogens with zero attached hydrogens (tertiary/aromatic N) is 7. The second-order valence-corrected chi connectivity index (χ2v) is 1.95. The number of hydrogen-bond acceptors (Lipinski definition) is 3. The van der Waals surface area contributed by atoms with Gasteiger partial charge in [-0.2, -0.15) is 0 Å². The molecule has 0 spiro atoms.